The van der Waals surface area contributed by atoms with Gasteiger partial charge in [0.25, 0.3) is 5.91 Å². The molecule has 0 unspecified atom stereocenters. The van der Waals surface area contributed by atoms with Crippen LogP contribution in [0.15, 0.2) is 42.5 Å². The number of hydrogen-bond acceptors (Lipinski definition) is 8. The summed E-state index contributed by atoms with van der Waals surface area (Å²) in [6.45, 7) is 8.28. The van der Waals surface area contributed by atoms with Crippen LogP contribution in [-0.2, 0) is 19.1 Å². The molecule has 1 aliphatic rings. The molecule has 0 bridgehead atoms. The van der Waals surface area contributed by atoms with Crippen molar-refractivity contribution in [2.45, 2.75) is 52.2 Å². The molecule has 0 aliphatic carbocycles. The second-order valence-electron chi connectivity index (χ2n) is 10.1. The fourth-order valence-corrected chi connectivity index (χ4v) is 4.08. The number of rotatable bonds is 8. The van der Waals surface area contributed by atoms with E-state index in [-0.39, 0.29) is 63.0 Å². The van der Waals surface area contributed by atoms with Gasteiger partial charge in [-0.25, -0.2) is 9.78 Å². The molecule has 0 spiro atoms. The molecule has 11 heteroatoms. The Hall–Kier alpha value is -4.15. The molecule has 1 saturated heterocycles. The summed E-state index contributed by atoms with van der Waals surface area (Å²) in [5.41, 5.74) is 0.339. The maximum Gasteiger partial charge on any atom is 0.409 e. The molecule has 3 rings (SSSR count). The fourth-order valence-electron chi connectivity index (χ4n) is 4.08. The van der Waals surface area contributed by atoms with E-state index in [9.17, 15) is 24.3 Å². The third kappa shape index (κ3) is 8.69. The van der Waals surface area contributed by atoms with Crippen molar-refractivity contribution in [3.8, 4) is 17.0 Å². The largest absolute Gasteiger partial charge is 0.508 e. The third-order valence-electron chi connectivity index (χ3n) is 5.89. The molecule has 1 aliphatic heterocycles. The second kappa shape index (κ2) is 13.1. The van der Waals surface area contributed by atoms with Crippen LogP contribution < -0.4 is 5.32 Å². The van der Waals surface area contributed by atoms with Gasteiger partial charge >= 0.3 is 12.1 Å². The summed E-state index contributed by atoms with van der Waals surface area (Å²) < 4.78 is 10.4. The lowest BCUT2D eigenvalue weighted by atomic mass is 10.1. The van der Waals surface area contributed by atoms with E-state index in [0.29, 0.717) is 11.3 Å². The van der Waals surface area contributed by atoms with E-state index in [1.54, 1.807) is 44.7 Å². The maximum absolute atomic E-state index is 13.5. The zero-order valence-corrected chi connectivity index (χ0v) is 22.8. The summed E-state index contributed by atoms with van der Waals surface area (Å²) in [5, 5.41) is 12.9. The number of nitrogens with zero attached hydrogens (tertiary/aromatic N) is 3. The number of aromatic nitrogens is 1. The molecule has 1 aromatic carbocycles. The van der Waals surface area contributed by atoms with Crippen LogP contribution in [0.3, 0.4) is 0 Å². The standard InChI is InChI=1S/C28H36N4O7/c1-5-38-27(37)32-15-13-31(14-16-32)26(36)21(11-12-24(34)39-28(2,3)4)30-25(35)23-18-20(33)17-22(29-23)19-9-7-6-8-10-19/h6-10,17-18,21H,5,11-16H2,1-4H3,(H,29,33)(H,30,35)/t21-/m0/s1. The topological polar surface area (TPSA) is 138 Å². The van der Waals surface area contributed by atoms with Gasteiger partial charge in [0.15, 0.2) is 0 Å². The molecule has 3 amide bonds. The van der Waals surface area contributed by atoms with Crippen molar-refractivity contribution in [3.05, 3.63) is 48.2 Å². The summed E-state index contributed by atoms with van der Waals surface area (Å²) >= 11 is 0. The van der Waals surface area contributed by atoms with Crippen LogP contribution in [0.5, 0.6) is 5.75 Å². The van der Waals surface area contributed by atoms with Gasteiger partial charge in [0, 0.05) is 50.3 Å². The highest BCUT2D eigenvalue weighted by Gasteiger charge is 2.32. The molecule has 0 radical (unpaired) electrons. The van der Waals surface area contributed by atoms with Crippen LogP contribution >= 0.6 is 0 Å². The van der Waals surface area contributed by atoms with Crippen LogP contribution in [-0.4, -0.2) is 88.2 Å². The monoisotopic (exact) mass is 540 g/mol. The minimum absolute atomic E-state index is 0.00192. The van der Waals surface area contributed by atoms with E-state index in [4.69, 9.17) is 9.47 Å². The molecule has 1 atom stereocenters. The van der Waals surface area contributed by atoms with Crippen LogP contribution in [0.2, 0.25) is 0 Å². The summed E-state index contributed by atoms with van der Waals surface area (Å²) in [6, 6.07) is 10.7. The summed E-state index contributed by atoms with van der Waals surface area (Å²) in [7, 11) is 0. The van der Waals surface area contributed by atoms with E-state index in [1.165, 1.54) is 17.0 Å². The van der Waals surface area contributed by atoms with Gasteiger partial charge in [0.05, 0.1) is 12.3 Å². The summed E-state index contributed by atoms with van der Waals surface area (Å²) in [4.78, 5) is 58.5. The highest BCUT2D eigenvalue weighted by Crippen LogP contribution is 2.22. The van der Waals surface area contributed by atoms with E-state index < -0.39 is 29.6 Å². The van der Waals surface area contributed by atoms with Crippen molar-refractivity contribution >= 4 is 23.9 Å². The van der Waals surface area contributed by atoms with Gasteiger partial charge in [0.2, 0.25) is 5.91 Å². The molecule has 1 aromatic heterocycles. The SMILES string of the molecule is CCOC(=O)N1CCN(C(=O)[C@H](CCC(=O)OC(C)(C)C)NC(=O)c2cc(O)cc(-c3ccccc3)n2)CC1. The normalized spacial score (nSPS) is 14.4. The smallest absolute Gasteiger partial charge is 0.409 e. The first-order valence-electron chi connectivity index (χ1n) is 13.0. The molecule has 11 nitrogen and oxygen atoms in total. The minimum Gasteiger partial charge on any atom is -0.508 e. The number of pyridine rings is 1. The average Bonchev–Trinajstić information content (AvgIpc) is 2.90. The third-order valence-corrected chi connectivity index (χ3v) is 5.89. The van der Waals surface area contributed by atoms with E-state index in [1.807, 2.05) is 18.2 Å². The quantitative estimate of drug-likeness (QED) is 0.488. The molecular weight excluding hydrogens is 504 g/mol. The number of carbonyl (C=O) groups excluding carboxylic acids is 4. The van der Waals surface area contributed by atoms with Gasteiger partial charge in [-0.3, -0.25) is 14.4 Å². The molecule has 2 heterocycles. The van der Waals surface area contributed by atoms with E-state index in [2.05, 4.69) is 10.3 Å². The van der Waals surface area contributed by atoms with Gasteiger partial charge in [0.1, 0.15) is 23.1 Å². The first-order chi connectivity index (χ1) is 18.5. The fraction of sp³-hybridized carbons (Fsp3) is 0.464. The predicted octanol–water partition coefficient (Wildman–Crippen LogP) is 2.98. The molecule has 2 N–H and O–H groups in total. The van der Waals surface area contributed by atoms with Crippen LogP contribution in [0, 0.1) is 0 Å². The minimum atomic E-state index is -1.05. The van der Waals surface area contributed by atoms with Crippen LogP contribution in [0.25, 0.3) is 11.3 Å². The van der Waals surface area contributed by atoms with Crippen molar-refractivity contribution < 1.29 is 33.8 Å². The van der Waals surface area contributed by atoms with Crippen molar-refractivity contribution in [1.29, 1.82) is 0 Å². The number of benzene rings is 1. The number of hydrogen-bond donors (Lipinski definition) is 2. The Kier molecular flexibility index (Phi) is 9.86. The van der Waals surface area contributed by atoms with Gasteiger partial charge in [-0.2, -0.15) is 0 Å². The lowest BCUT2D eigenvalue weighted by Crippen LogP contribution is -2.56. The Balaban J connectivity index is 1.76. The van der Waals surface area contributed by atoms with E-state index >= 15 is 0 Å². The number of amides is 3. The number of nitrogens with one attached hydrogen (secondary N) is 1. The first-order valence-corrected chi connectivity index (χ1v) is 13.0. The van der Waals surface area contributed by atoms with Gasteiger partial charge < -0.3 is 29.7 Å². The highest BCUT2D eigenvalue weighted by atomic mass is 16.6. The zero-order valence-electron chi connectivity index (χ0n) is 22.8. The molecular formula is C28H36N4O7. The van der Waals surface area contributed by atoms with Gasteiger partial charge in [-0.05, 0) is 34.1 Å². The summed E-state index contributed by atoms with van der Waals surface area (Å²) in [5.74, 6) is -1.71. The molecule has 1 fully saturated rings. The highest BCUT2D eigenvalue weighted by molar-refractivity contribution is 5.97. The number of carbonyl (C=O) groups is 4. The Bertz CT molecular complexity index is 1170. The van der Waals surface area contributed by atoms with Crippen molar-refractivity contribution in [3.63, 3.8) is 0 Å². The number of esters is 1. The first kappa shape index (κ1) is 29.4. The van der Waals surface area contributed by atoms with Crippen molar-refractivity contribution in [2.24, 2.45) is 0 Å². The van der Waals surface area contributed by atoms with E-state index in [0.717, 1.165) is 0 Å². The average molecular weight is 541 g/mol. The van der Waals surface area contributed by atoms with Gasteiger partial charge in [-0.1, -0.05) is 30.3 Å². The molecule has 0 saturated carbocycles. The van der Waals surface area contributed by atoms with Crippen LogP contribution in [0.1, 0.15) is 51.0 Å². The Labute approximate surface area is 228 Å². The predicted molar refractivity (Wildman–Crippen MR) is 143 cm³/mol. The Morgan fingerprint density at radius 2 is 1.67 bits per heavy atom. The zero-order chi connectivity index (χ0) is 28.6. The second-order valence-corrected chi connectivity index (χ2v) is 10.1. The number of aromatic hydroxyl groups is 1. The lowest BCUT2D eigenvalue weighted by Gasteiger charge is -2.36. The van der Waals surface area contributed by atoms with Gasteiger partial charge in [-0.15, -0.1) is 0 Å². The molecule has 39 heavy (non-hydrogen) atoms. The molecule has 210 valence electrons. The van der Waals surface area contributed by atoms with Crippen molar-refractivity contribution in [2.75, 3.05) is 32.8 Å². The van der Waals surface area contributed by atoms with Crippen molar-refractivity contribution in [1.82, 2.24) is 20.1 Å². The maximum atomic E-state index is 13.5. The Morgan fingerprint density at radius 3 is 2.28 bits per heavy atom. The lowest BCUT2D eigenvalue weighted by molar-refractivity contribution is -0.155. The van der Waals surface area contributed by atoms with Crippen LogP contribution in [0.4, 0.5) is 4.79 Å². The summed E-state index contributed by atoms with van der Waals surface area (Å²) in [6.07, 6.45) is -0.537. The number of piperazine rings is 1. The molecule has 2 aromatic rings. The number of ether oxygens (including phenoxy) is 2. The Morgan fingerprint density at radius 1 is 1.03 bits per heavy atom.